The van der Waals surface area contributed by atoms with Crippen molar-refractivity contribution in [3.05, 3.63) is 0 Å². The lowest BCUT2D eigenvalue weighted by atomic mass is 10.00. The van der Waals surface area contributed by atoms with Gasteiger partial charge in [0.1, 0.15) is 19.3 Å². The molecule has 0 rings (SSSR count). The van der Waals surface area contributed by atoms with E-state index in [2.05, 4.69) is 55.4 Å². The molecule has 0 aromatic rings. The van der Waals surface area contributed by atoms with Crippen LogP contribution in [-0.2, 0) is 65.4 Å². The summed E-state index contributed by atoms with van der Waals surface area (Å²) in [6.07, 6.45) is 33.6. The second-order valence-electron chi connectivity index (χ2n) is 24.6. The van der Waals surface area contributed by atoms with Crippen LogP contribution in [0.15, 0.2) is 0 Å². The first-order chi connectivity index (χ1) is 39.7. The van der Waals surface area contributed by atoms with Gasteiger partial charge in [-0.2, -0.15) is 0 Å². The molecule has 19 heteroatoms. The van der Waals surface area contributed by atoms with E-state index in [1.54, 1.807) is 0 Å². The van der Waals surface area contributed by atoms with Crippen LogP contribution < -0.4 is 0 Å². The number of unbranched alkanes of at least 4 members (excludes halogenated alkanes) is 25. The fourth-order valence-electron chi connectivity index (χ4n) is 9.36. The maximum atomic E-state index is 13.0. The molecule has 0 aliphatic heterocycles. The van der Waals surface area contributed by atoms with Crippen molar-refractivity contribution < 1.29 is 80.2 Å². The van der Waals surface area contributed by atoms with Crippen molar-refractivity contribution in [1.29, 1.82) is 0 Å². The Morgan fingerprint density at radius 2 is 0.578 bits per heavy atom. The number of aliphatic hydroxyl groups is 1. The van der Waals surface area contributed by atoms with Gasteiger partial charge in [0, 0.05) is 25.7 Å². The summed E-state index contributed by atoms with van der Waals surface area (Å²) in [5.74, 6) is 0.771. The Morgan fingerprint density at radius 3 is 0.855 bits per heavy atom. The molecule has 0 amide bonds. The number of carbonyl (C=O) groups excluding carboxylic acids is 4. The van der Waals surface area contributed by atoms with E-state index in [1.165, 1.54) is 103 Å². The lowest BCUT2D eigenvalue weighted by Crippen LogP contribution is -2.30. The van der Waals surface area contributed by atoms with E-state index in [1.807, 2.05) is 0 Å². The van der Waals surface area contributed by atoms with E-state index in [-0.39, 0.29) is 25.7 Å². The Kier molecular flexibility index (Phi) is 53.0. The minimum atomic E-state index is -4.95. The van der Waals surface area contributed by atoms with Crippen molar-refractivity contribution in [2.75, 3.05) is 39.6 Å². The summed E-state index contributed by atoms with van der Waals surface area (Å²) in [4.78, 5) is 72.2. The van der Waals surface area contributed by atoms with E-state index in [4.69, 9.17) is 37.0 Å². The van der Waals surface area contributed by atoms with Gasteiger partial charge in [-0.15, -0.1) is 0 Å². The van der Waals surface area contributed by atoms with Gasteiger partial charge in [-0.05, 0) is 49.4 Å². The number of ether oxygens (including phenoxy) is 4. The van der Waals surface area contributed by atoms with Crippen LogP contribution in [0.5, 0.6) is 0 Å². The third-order valence-corrected chi connectivity index (χ3v) is 17.2. The van der Waals surface area contributed by atoms with Crippen LogP contribution in [0.2, 0.25) is 0 Å². The molecule has 83 heavy (non-hydrogen) atoms. The molecular formula is C64H124O17P2. The summed E-state index contributed by atoms with van der Waals surface area (Å²) in [7, 11) is -9.89. The molecule has 0 heterocycles. The second-order valence-corrected chi connectivity index (χ2v) is 27.5. The quantitative estimate of drug-likeness (QED) is 0.0222. The van der Waals surface area contributed by atoms with Crippen molar-refractivity contribution in [2.45, 2.75) is 324 Å². The predicted molar refractivity (Wildman–Crippen MR) is 331 cm³/mol. The highest BCUT2D eigenvalue weighted by atomic mass is 31.2. The lowest BCUT2D eigenvalue weighted by Gasteiger charge is -2.21. The summed E-state index contributed by atoms with van der Waals surface area (Å²) in [5, 5.41) is 10.5. The van der Waals surface area contributed by atoms with E-state index >= 15 is 0 Å². The van der Waals surface area contributed by atoms with E-state index < -0.39 is 97.5 Å². The molecule has 0 bridgehead atoms. The van der Waals surface area contributed by atoms with Gasteiger partial charge in [-0.3, -0.25) is 37.3 Å². The number of phosphoric ester groups is 2. The minimum absolute atomic E-state index is 0.101. The van der Waals surface area contributed by atoms with E-state index in [9.17, 15) is 43.2 Å². The third-order valence-electron chi connectivity index (χ3n) is 15.3. The van der Waals surface area contributed by atoms with Crippen LogP contribution in [-0.4, -0.2) is 96.7 Å². The molecule has 0 aliphatic carbocycles. The Labute approximate surface area is 505 Å². The zero-order chi connectivity index (χ0) is 61.8. The second kappa shape index (κ2) is 54.2. The van der Waals surface area contributed by atoms with Crippen molar-refractivity contribution >= 4 is 39.5 Å². The Balaban J connectivity index is 5.27. The average molecular weight is 1230 g/mol. The SMILES string of the molecule is CCC(C)CCCCCCCCC(=O)OC[C@H](COP(=O)(O)OCC(O)COP(=O)(O)OC[C@@H](COC(=O)CCCCCCCCCCC(C)C)OC(=O)CCCCCCCCCCCC(C)C)OC(=O)CCCCCCCCC(C)CC. The maximum Gasteiger partial charge on any atom is 0.472 e. The van der Waals surface area contributed by atoms with Gasteiger partial charge in [0.15, 0.2) is 12.2 Å². The molecule has 17 nitrogen and oxygen atoms in total. The third kappa shape index (κ3) is 56.3. The highest BCUT2D eigenvalue weighted by Gasteiger charge is 2.30. The first-order valence-electron chi connectivity index (χ1n) is 33.3. The Morgan fingerprint density at radius 1 is 0.337 bits per heavy atom. The minimum Gasteiger partial charge on any atom is -0.462 e. The molecule has 3 N–H and O–H groups in total. The van der Waals surface area contributed by atoms with Crippen molar-refractivity contribution in [3.8, 4) is 0 Å². The Bertz CT molecular complexity index is 1670. The van der Waals surface area contributed by atoms with Gasteiger partial charge >= 0.3 is 39.5 Å². The van der Waals surface area contributed by atoms with Crippen LogP contribution in [0.1, 0.15) is 306 Å². The normalized spacial score (nSPS) is 15.1. The van der Waals surface area contributed by atoms with Gasteiger partial charge in [-0.25, -0.2) is 9.13 Å². The summed E-state index contributed by atoms with van der Waals surface area (Å²) >= 11 is 0. The molecule has 0 aliphatic rings. The molecule has 0 aromatic carbocycles. The van der Waals surface area contributed by atoms with Crippen LogP contribution in [0, 0.1) is 23.7 Å². The molecule has 0 fully saturated rings. The first-order valence-corrected chi connectivity index (χ1v) is 36.3. The number of hydrogen-bond donors (Lipinski definition) is 3. The summed E-state index contributed by atoms with van der Waals surface area (Å²) < 4.78 is 68.0. The molecular weight excluding hydrogens is 1100 g/mol. The number of esters is 4. The molecule has 5 unspecified atom stereocenters. The number of aliphatic hydroxyl groups excluding tert-OH is 1. The van der Waals surface area contributed by atoms with Gasteiger partial charge in [0.05, 0.1) is 26.4 Å². The summed E-state index contributed by atoms with van der Waals surface area (Å²) in [5.41, 5.74) is 0. The molecule has 492 valence electrons. The highest BCUT2D eigenvalue weighted by Crippen LogP contribution is 2.45. The van der Waals surface area contributed by atoms with Crippen LogP contribution in [0.4, 0.5) is 0 Å². The average Bonchev–Trinajstić information content (AvgIpc) is 3.44. The molecule has 0 saturated carbocycles. The van der Waals surface area contributed by atoms with Crippen molar-refractivity contribution in [2.24, 2.45) is 23.7 Å². The maximum absolute atomic E-state index is 13.0. The molecule has 0 aromatic heterocycles. The number of carbonyl (C=O) groups is 4. The first kappa shape index (κ1) is 81.1. The highest BCUT2D eigenvalue weighted by molar-refractivity contribution is 7.47. The smallest absolute Gasteiger partial charge is 0.462 e. The van der Waals surface area contributed by atoms with Crippen LogP contribution >= 0.6 is 15.6 Å². The largest absolute Gasteiger partial charge is 0.472 e. The molecule has 0 radical (unpaired) electrons. The predicted octanol–water partition coefficient (Wildman–Crippen LogP) is 17.4. The number of hydrogen-bond acceptors (Lipinski definition) is 15. The van der Waals surface area contributed by atoms with Crippen molar-refractivity contribution in [1.82, 2.24) is 0 Å². The zero-order valence-corrected chi connectivity index (χ0v) is 55.6. The van der Waals surface area contributed by atoms with E-state index in [0.717, 1.165) is 120 Å². The fourth-order valence-corrected chi connectivity index (χ4v) is 10.9. The summed E-state index contributed by atoms with van der Waals surface area (Å²) in [6.45, 7) is 13.9. The van der Waals surface area contributed by atoms with Gasteiger partial charge < -0.3 is 33.8 Å². The molecule has 0 spiro atoms. The summed E-state index contributed by atoms with van der Waals surface area (Å²) in [6, 6.07) is 0. The Hall–Kier alpha value is -1.94. The van der Waals surface area contributed by atoms with Crippen LogP contribution in [0.3, 0.4) is 0 Å². The van der Waals surface area contributed by atoms with Crippen LogP contribution in [0.25, 0.3) is 0 Å². The monoisotopic (exact) mass is 1230 g/mol. The van der Waals surface area contributed by atoms with Gasteiger partial charge in [0.2, 0.25) is 0 Å². The topological polar surface area (TPSA) is 237 Å². The standard InChI is InChI=1S/C64H124O17P2/c1-9-56(7)42-34-26-20-22-29-37-45-62(67)75-51-60(81-64(69)47-39-31-23-21-27-35-43-57(8)10-2)53-79-83(72,73)77-49-58(65)48-76-82(70,71)78-52-59(50-74-61(66)44-36-28-18-15-14-17-25-33-41-55(5)6)80-63(68)46-38-30-19-13-11-12-16-24-32-40-54(3)4/h54-60,65H,9-53H2,1-8H3,(H,70,71)(H,72,73)/t56?,57?,58?,59-,60-/m1/s1. The number of phosphoric acid groups is 2. The molecule has 7 atom stereocenters. The lowest BCUT2D eigenvalue weighted by molar-refractivity contribution is -0.161. The van der Waals surface area contributed by atoms with E-state index in [0.29, 0.717) is 25.7 Å². The van der Waals surface area contributed by atoms with Gasteiger partial charge in [0.25, 0.3) is 0 Å². The van der Waals surface area contributed by atoms with Crippen molar-refractivity contribution in [3.63, 3.8) is 0 Å². The zero-order valence-electron chi connectivity index (χ0n) is 53.8. The number of rotatable bonds is 61. The molecule has 0 saturated heterocycles. The fraction of sp³-hybridized carbons (Fsp3) is 0.938. The van der Waals surface area contributed by atoms with Gasteiger partial charge in [-0.1, -0.05) is 254 Å².